The van der Waals surface area contributed by atoms with Crippen LogP contribution in [0, 0.1) is 0 Å². The molecular formula is C18H18O4. The van der Waals surface area contributed by atoms with Gasteiger partial charge in [-0.25, -0.2) is 0 Å². The normalized spacial score (nSPS) is 15.8. The van der Waals surface area contributed by atoms with Gasteiger partial charge >= 0.3 is 5.97 Å². The van der Waals surface area contributed by atoms with Gasteiger partial charge < -0.3 is 14.6 Å². The molecule has 0 atom stereocenters. The van der Waals surface area contributed by atoms with Gasteiger partial charge in [0.05, 0.1) is 25.0 Å². The molecule has 3 rings (SSSR count). The zero-order valence-electron chi connectivity index (χ0n) is 12.2. The van der Waals surface area contributed by atoms with Crippen LogP contribution in [0.4, 0.5) is 0 Å². The maximum Gasteiger partial charge on any atom is 0.304 e. The first-order valence-corrected chi connectivity index (χ1v) is 7.25. The summed E-state index contributed by atoms with van der Waals surface area (Å²) in [5.74, 6) is -0.0584. The average Bonchev–Trinajstić information content (AvgIpc) is 2.50. The smallest absolute Gasteiger partial charge is 0.304 e. The third-order valence-electron chi connectivity index (χ3n) is 3.94. The summed E-state index contributed by atoms with van der Waals surface area (Å²) in [6, 6.07) is 17.6. The van der Waals surface area contributed by atoms with Crippen molar-refractivity contribution in [3.8, 4) is 5.75 Å². The van der Waals surface area contributed by atoms with E-state index in [1.807, 2.05) is 54.6 Å². The lowest BCUT2D eigenvalue weighted by Gasteiger charge is -2.41. The number of carboxylic acids is 1. The van der Waals surface area contributed by atoms with Gasteiger partial charge in [0.2, 0.25) is 0 Å². The van der Waals surface area contributed by atoms with Crippen molar-refractivity contribution in [3.63, 3.8) is 0 Å². The van der Waals surface area contributed by atoms with Crippen LogP contribution in [0.1, 0.15) is 17.5 Å². The number of carboxylic acid groups (broad SMARTS) is 1. The topological polar surface area (TPSA) is 55.8 Å². The van der Waals surface area contributed by atoms with Crippen LogP contribution in [0.2, 0.25) is 0 Å². The van der Waals surface area contributed by atoms with Crippen molar-refractivity contribution < 1.29 is 19.4 Å². The molecule has 0 unspecified atom stereocenters. The zero-order valence-corrected chi connectivity index (χ0v) is 12.2. The van der Waals surface area contributed by atoms with Crippen LogP contribution in [0.5, 0.6) is 5.75 Å². The van der Waals surface area contributed by atoms with E-state index >= 15 is 0 Å². The summed E-state index contributed by atoms with van der Waals surface area (Å²) in [5, 5.41) is 9.11. The number of aliphatic carboxylic acids is 1. The molecule has 22 heavy (non-hydrogen) atoms. The predicted molar refractivity (Wildman–Crippen MR) is 82.0 cm³/mol. The maximum absolute atomic E-state index is 11.1. The summed E-state index contributed by atoms with van der Waals surface area (Å²) in [5.41, 5.74) is 1.64. The fourth-order valence-corrected chi connectivity index (χ4v) is 2.67. The van der Waals surface area contributed by atoms with Crippen LogP contribution in [-0.4, -0.2) is 24.3 Å². The summed E-state index contributed by atoms with van der Waals surface area (Å²) in [4.78, 5) is 11.1. The van der Waals surface area contributed by atoms with Gasteiger partial charge in [0.25, 0.3) is 0 Å². The van der Waals surface area contributed by atoms with Gasteiger partial charge in [0.15, 0.2) is 0 Å². The van der Waals surface area contributed by atoms with Crippen molar-refractivity contribution in [2.24, 2.45) is 0 Å². The summed E-state index contributed by atoms with van der Waals surface area (Å²) >= 11 is 0. The second-order valence-corrected chi connectivity index (χ2v) is 5.65. The third-order valence-corrected chi connectivity index (χ3v) is 3.94. The lowest BCUT2D eigenvalue weighted by atomic mass is 9.76. The molecule has 0 aromatic heterocycles. The molecule has 1 fully saturated rings. The van der Waals surface area contributed by atoms with Crippen LogP contribution in [0.15, 0.2) is 54.6 Å². The molecule has 0 amide bonds. The summed E-state index contributed by atoms with van der Waals surface area (Å²) in [7, 11) is 0. The Hall–Kier alpha value is -2.33. The van der Waals surface area contributed by atoms with E-state index in [9.17, 15) is 4.79 Å². The number of carbonyl (C=O) groups is 1. The minimum atomic E-state index is -0.807. The van der Waals surface area contributed by atoms with Gasteiger partial charge in [-0.2, -0.15) is 0 Å². The van der Waals surface area contributed by atoms with E-state index in [-0.39, 0.29) is 6.42 Å². The number of rotatable bonds is 6. The van der Waals surface area contributed by atoms with Crippen molar-refractivity contribution in [1.82, 2.24) is 0 Å². The molecule has 1 saturated heterocycles. The average molecular weight is 298 g/mol. The second kappa shape index (κ2) is 6.20. The number of hydrogen-bond donors (Lipinski definition) is 1. The van der Waals surface area contributed by atoms with Crippen molar-refractivity contribution in [1.29, 1.82) is 0 Å². The number of hydrogen-bond acceptors (Lipinski definition) is 3. The van der Waals surface area contributed by atoms with Gasteiger partial charge in [-0.05, 0) is 23.3 Å². The highest BCUT2D eigenvalue weighted by Crippen LogP contribution is 2.37. The Labute approximate surface area is 129 Å². The Kier molecular flexibility index (Phi) is 4.11. The minimum absolute atomic E-state index is 0.0785. The molecule has 1 aliphatic rings. The van der Waals surface area contributed by atoms with Gasteiger partial charge in [0, 0.05) is 0 Å². The first-order valence-electron chi connectivity index (χ1n) is 7.25. The molecule has 4 heteroatoms. The van der Waals surface area contributed by atoms with E-state index in [0.717, 1.165) is 16.9 Å². The molecule has 2 aromatic rings. The van der Waals surface area contributed by atoms with Crippen molar-refractivity contribution in [2.45, 2.75) is 18.4 Å². The Morgan fingerprint density at radius 3 is 2.55 bits per heavy atom. The molecule has 1 aliphatic heterocycles. The van der Waals surface area contributed by atoms with Gasteiger partial charge in [-0.3, -0.25) is 4.79 Å². The fourth-order valence-electron chi connectivity index (χ4n) is 2.67. The quantitative estimate of drug-likeness (QED) is 0.890. The van der Waals surface area contributed by atoms with E-state index in [1.54, 1.807) is 0 Å². The Morgan fingerprint density at radius 1 is 1.14 bits per heavy atom. The fraction of sp³-hybridized carbons (Fsp3) is 0.278. The largest absolute Gasteiger partial charge is 0.489 e. The Balaban J connectivity index is 1.73. The third kappa shape index (κ3) is 3.12. The van der Waals surface area contributed by atoms with Crippen molar-refractivity contribution in [2.75, 3.05) is 13.2 Å². The van der Waals surface area contributed by atoms with Crippen LogP contribution in [-0.2, 0) is 21.6 Å². The van der Waals surface area contributed by atoms with E-state index in [1.165, 1.54) is 0 Å². The lowest BCUT2D eigenvalue weighted by Crippen LogP contribution is -2.48. The summed E-state index contributed by atoms with van der Waals surface area (Å²) < 4.78 is 11.1. The molecule has 0 radical (unpaired) electrons. The van der Waals surface area contributed by atoms with Crippen LogP contribution in [0.3, 0.4) is 0 Å². The maximum atomic E-state index is 11.1. The first-order chi connectivity index (χ1) is 10.7. The molecule has 0 aliphatic carbocycles. The number of ether oxygens (including phenoxy) is 2. The van der Waals surface area contributed by atoms with E-state index < -0.39 is 11.4 Å². The van der Waals surface area contributed by atoms with Crippen LogP contribution >= 0.6 is 0 Å². The summed E-state index contributed by atoms with van der Waals surface area (Å²) in [6.07, 6.45) is 0.0785. The van der Waals surface area contributed by atoms with Gasteiger partial charge in [-0.1, -0.05) is 42.5 Å². The first kappa shape index (κ1) is 14.6. The second-order valence-electron chi connectivity index (χ2n) is 5.65. The van der Waals surface area contributed by atoms with Crippen LogP contribution in [0.25, 0.3) is 0 Å². The molecule has 4 nitrogen and oxygen atoms in total. The molecule has 0 spiro atoms. The van der Waals surface area contributed by atoms with E-state index in [0.29, 0.717) is 19.8 Å². The highest BCUT2D eigenvalue weighted by atomic mass is 16.5. The Bertz CT molecular complexity index is 647. The standard InChI is InChI=1S/C18H18O4/c19-17(20)10-18(12-21-13-18)15-7-4-8-16(9-15)22-11-14-5-2-1-3-6-14/h1-9H,10-13H2,(H,19,20). The van der Waals surface area contributed by atoms with E-state index in [4.69, 9.17) is 14.6 Å². The highest BCUT2D eigenvalue weighted by Gasteiger charge is 2.42. The zero-order chi connectivity index (χ0) is 15.4. The van der Waals surface area contributed by atoms with Gasteiger partial charge in [-0.15, -0.1) is 0 Å². The molecule has 1 N–H and O–H groups in total. The Morgan fingerprint density at radius 2 is 1.91 bits per heavy atom. The van der Waals surface area contributed by atoms with E-state index in [2.05, 4.69) is 0 Å². The SMILES string of the molecule is O=C(O)CC1(c2cccc(OCc3ccccc3)c2)COC1. The molecular weight excluding hydrogens is 280 g/mol. The van der Waals surface area contributed by atoms with Crippen LogP contribution < -0.4 is 4.74 Å². The minimum Gasteiger partial charge on any atom is -0.489 e. The number of benzene rings is 2. The molecule has 114 valence electrons. The molecule has 2 aromatic carbocycles. The molecule has 0 saturated carbocycles. The van der Waals surface area contributed by atoms with Gasteiger partial charge in [0.1, 0.15) is 12.4 Å². The lowest BCUT2D eigenvalue weighted by molar-refractivity contribution is -0.145. The molecule has 0 bridgehead atoms. The van der Waals surface area contributed by atoms with Crippen molar-refractivity contribution in [3.05, 3.63) is 65.7 Å². The summed E-state index contributed by atoms with van der Waals surface area (Å²) in [6.45, 7) is 1.38. The molecule has 1 heterocycles. The predicted octanol–water partition coefficient (Wildman–Crippen LogP) is 3.01. The van der Waals surface area contributed by atoms with Crippen molar-refractivity contribution >= 4 is 5.97 Å². The monoisotopic (exact) mass is 298 g/mol. The highest BCUT2D eigenvalue weighted by molar-refractivity contribution is 5.69.